The molecule has 1 aliphatic rings. The SMILES string of the molecule is NC(=O)[C@H]1CC(C(=O)Nc2ccc(Cl)c3ncccc23)=NN1c1ccc(F)cc1. The van der Waals surface area contributed by atoms with Gasteiger partial charge in [0.1, 0.15) is 17.6 Å². The molecule has 1 aliphatic heterocycles. The Bertz CT molecular complexity index is 1150. The number of nitrogens with two attached hydrogens (primary N) is 1. The van der Waals surface area contributed by atoms with Crippen molar-refractivity contribution in [2.24, 2.45) is 10.8 Å². The number of nitrogens with zero attached hydrogens (tertiary/aromatic N) is 3. The molecule has 0 saturated carbocycles. The van der Waals surface area contributed by atoms with Crippen LogP contribution in [0.1, 0.15) is 6.42 Å². The van der Waals surface area contributed by atoms with E-state index in [1.807, 2.05) is 0 Å². The lowest BCUT2D eigenvalue weighted by molar-refractivity contribution is -0.119. The van der Waals surface area contributed by atoms with Gasteiger partial charge >= 0.3 is 0 Å². The number of aromatic nitrogens is 1. The van der Waals surface area contributed by atoms with Crippen LogP contribution in [0, 0.1) is 5.82 Å². The Labute approximate surface area is 170 Å². The van der Waals surface area contributed by atoms with Crippen molar-refractivity contribution in [3.05, 3.63) is 65.6 Å². The van der Waals surface area contributed by atoms with Crippen LogP contribution in [-0.4, -0.2) is 28.6 Å². The molecule has 0 radical (unpaired) electrons. The highest BCUT2D eigenvalue weighted by Crippen LogP contribution is 2.29. The Morgan fingerprint density at radius 1 is 1.17 bits per heavy atom. The molecule has 4 rings (SSSR count). The summed E-state index contributed by atoms with van der Waals surface area (Å²) in [6, 6.07) is 11.4. The van der Waals surface area contributed by atoms with E-state index in [9.17, 15) is 14.0 Å². The Morgan fingerprint density at radius 3 is 2.66 bits per heavy atom. The Morgan fingerprint density at radius 2 is 1.93 bits per heavy atom. The van der Waals surface area contributed by atoms with Crippen LogP contribution in [0.3, 0.4) is 0 Å². The third-order valence-corrected chi connectivity index (χ3v) is 4.87. The predicted molar refractivity (Wildman–Crippen MR) is 109 cm³/mol. The van der Waals surface area contributed by atoms with Crippen molar-refractivity contribution in [1.29, 1.82) is 0 Å². The summed E-state index contributed by atoms with van der Waals surface area (Å²) in [7, 11) is 0. The Balaban J connectivity index is 1.63. The number of rotatable bonds is 4. The highest BCUT2D eigenvalue weighted by atomic mass is 35.5. The van der Waals surface area contributed by atoms with Crippen molar-refractivity contribution in [1.82, 2.24) is 4.98 Å². The van der Waals surface area contributed by atoms with E-state index >= 15 is 0 Å². The van der Waals surface area contributed by atoms with Crippen LogP contribution >= 0.6 is 11.6 Å². The van der Waals surface area contributed by atoms with E-state index in [0.717, 1.165) is 0 Å². The number of hydrogen-bond acceptors (Lipinski definition) is 5. The van der Waals surface area contributed by atoms with Gasteiger partial charge in [-0.3, -0.25) is 19.6 Å². The topological polar surface area (TPSA) is 101 Å². The van der Waals surface area contributed by atoms with E-state index in [2.05, 4.69) is 15.4 Å². The molecular weight excluding hydrogens is 397 g/mol. The maximum atomic E-state index is 13.2. The fraction of sp³-hybridized carbons (Fsp3) is 0.100. The summed E-state index contributed by atoms with van der Waals surface area (Å²) in [6.45, 7) is 0. The van der Waals surface area contributed by atoms with Gasteiger partial charge in [-0.25, -0.2) is 4.39 Å². The van der Waals surface area contributed by atoms with Crippen LogP contribution in [0.4, 0.5) is 15.8 Å². The molecule has 0 unspecified atom stereocenters. The predicted octanol–water partition coefficient (Wildman–Crippen LogP) is 3.09. The molecule has 0 bridgehead atoms. The quantitative estimate of drug-likeness (QED) is 0.688. The number of primary amides is 1. The van der Waals surface area contributed by atoms with Gasteiger partial charge in [0.15, 0.2) is 0 Å². The highest BCUT2D eigenvalue weighted by molar-refractivity contribution is 6.45. The minimum absolute atomic E-state index is 0.0301. The minimum Gasteiger partial charge on any atom is -0.368 e. The van der Waals surface area contributed by atoms with E-state index < -0.39 is 23.7 Å². The Kier molecular flexibility index (Phi) is 4.85. The minimum atomic E-state index is -0.843. The number of benzene rings is 2. The molecule has 1 atom stereocenters. The highest BCUT2D eigenvalue weighted by Gasteiger charge is 2.35. The van der Waals surface area contributed by atoms with Crippen molar-refractivity contribution in [2.75, 3.05) is 10.3 Å². The molecule has 3 N–H and O–H groups in total. The molecule has 0 fully saturated rings. The van der Waals surface area contributed by atoms with Gasteiger partial charge in [-0.2, -0.15) is 5.10 Å². The first kappa shape index (κ1) is 18.8. The molecule has 2 heterocycles. The van der Waals surface area contributed by atoms with Gasteiger partial charge in [0.25, 0.3) is 5.91 Å². The zero-order chi connectivity index (χ0) is 20.5. The lowest BCUT2D eigenvalue weighted by Gasteiger charge is -2.20. The third kappa shape index (κ3) is 3.62. The molecular formula is C20H15ClFN5O2. The smallest absolute Gasteiger partial charge is 0.271 e. The summed E-state index contributed by atoms with van der Waals surface area (Å²) in [4.78, 5) is 28.9. The normalized spacial score (nSPS) is 16.0. The van der Waals surface area contributed by atoms with Crippen molar-refractivity contribution in [2.45, 2.75) is 12.5 Å². The van der Waals surface area contributed by atoms with Crippen LogP contribution in [0.25, 0.3) is 10.9 Å². The fourth-order valence-corrected chi connectivity index (χ4v) is 3.36. The van der Waals surface area contributed by atoms with Gasteiger partial charge in [-0.05, 0) is 48.5 Å². The standard InChI is InChI=1S/C20H15ClFN5O2/c21-14-7-8-15(13-2-1-9-24-18(13)14)25-20(29)16-10-17(19(23)28)27(26-16)12-5-3-11(22)4-6-12/h1-9,17H,10H2,(H2,23,28)(H,25,29)/t17-/m1/s1. The van der Waals surface area contributed by atoms with Crippen molar-refractivity contribution < 1.29 is 14.0 Å². The third-order valence-electron chi connectivity index (χ3n) is 4.56. The number of hydrazone groups is 1. The van der Waals surface area contributed by atoms with Crippen molar-refractivity contribution in [3.8, 4) is 0 Å². The first-order chi connectivity index (χ1) is 13.9. The van der Waals surface area contributed by atoms with E-state index in [0.29, 0.717) is 27.3 Å². The number of nitrogens with one attached hydrogen (secondary N) is 1. The maximum Gasteiger partial charge on any atom is 0.271 e. The van der Waals surface area contributed by atoms with E-state index in [1.54, 1.807) is 30.5 Å². The number of amides is 2. The number of carbonyl (C=O) groups excluding carboxylic acids is 2. The van der Waals surface area contributed by atoms with Crippen LogP contribution in [0.2, 0.25) is 5.02 Å². The van der Waals surface area contributed by atoms with E-state index in [-0.39, 0.29) is 12.1 Å². The van der Waals surface area contributed by atoms with E-state index in [1.165, 1.54) is 29.3 Å². The van der Waals surface area contributed by atoms with Gasteiger partial charge in [-0.15, -0.1) is 0 Å². The van der Waals surface area contributed by atoms with Crippen LogP contribution in [0.5, 0.6) is 0 Å². The lowest BCUT2D eigenvalue weighted by atomic mass is 10.1. The van der Waals surface area contributed by atoms with Crippen LogP contribution in [-0.2, 0) is 9.59 Å². The van der Waals surface area contributed by atoms with Crippen molar-refractivity contribution >= 4 is 51.4 Å². The number of pyridine rings is 1. The van der Waals surface area contributed by atoms with Gasteiger partial charge in [0.2, 0.25) is 5.91 Å². The molecule has 146 valence electrons. The van der Waals surface area contributed by atoms with Crippen LogP contribution in [0.15, 0.2) is 59.8 Å². The number of carbonyl (C=O) groups is 2. The van der Waals surface area contributed by atoms with Crippen LogP contribution < -0.4 is 16.1 Å². The second kappa shape index (κ2) is 7.48. The maximum absolute atomic E-state index is 13.2. The summed E-state index contributed by atoms with van der Waals surface area (Å²) >= 11 is 6.16. The molecule has 7 nitrogen and oxygen atoms in total. The number of fused-ring (bicyclic) bond motifs is 1. The second-order valence-corrected chi connectivity index (χ2v) is 6.85. The molecule has 0 aliphatic carbocycles. The summed E-state index contributed by atoms with van der Waals surface area (Å²) in [6.07, 6.45) is 1.64. The first-order valence-electron chi connectivity index (χ1n) is 8.70. The van der Waals surface area contributed by atoms with Gasteiger partial charge in [0.05, 0.1) is 21.9 Å². The zero-order valence-electron chi connectivity index (χ0n) is 15.0. The molecule has 2 aromatic carbocycles. The van der Waals surface area contributed by atoms with E-state index in [4.69, 9.17) is 17.3 Å². The molecule has 1 aromatic heterocycles. The lowest BCUT2D eigenvalue weighted by Crippen LogP contribution is -2.39. The molecule has 9 heteroatoms. The number of hydrogen-bond donors (Lipinski definition) is 2. The monoisotopic (exact) mass is 411 g/mol. The summed E-state index contributed by atoms with van der Waals surface area (Å²) in [5.41, 5.74) is 7.14. The largest absolute Gasteiger partial charge is 0.368 e. The molecule has 0 saturated heterocycles. The Hall–Kier alpha value is -3.52. The van der Waals surface area contributed by atoms with Gasteiger partial charge in [-0.1, -0.05) is 11.6 Å². The molecule has 29 heavy (non-hydrogen) atoms. The fourth-order valence-electron chi connectivity index (χ4n) is 3.14. The molecule has 0 spiro atoms. The first-order valence-corrected chi connectivity index (χ1v) is 9.08. The summed E-state index contributed by atoms with van der Waals surface area (Å²) in [5.74, 6) is -1.54. The summed E-state index contributed by atoms with van der Waals surface area (Å²) in [5, 5.41) is 9.52. The second-order valence-electron chi connectivity index (χ2n) is 6.44. The zero-order valence-corrected chi connectivity index (χ0v) is 15.7. The number of halogens is 2. The van der Waals surface area contributed by atoms with Crippen molar-refractivity contribution in [3.63, 3.8) is 0 Å². The average molecular weight is 412 g/mol. The summed E-state index contributed by atoms with van der Waals surface area (Å²) < 4.78 is 13.2. The van der Waals surface area contributed by atoms with Gasteiger partial charge < -0.3 is 11.1 Å². The molecule has 2 amide bonds. The van der Waals surface area contributed by atoms with Gasteiger partial charge in [0, 0.05) is 18.0 Å². The molecule has 3 aromatic rings. The number of anilines is 2. The average Bonchev–Trinajstić information content (AvgIpc) is 3.17.